The molecule has 0 heterocycles. The highest BCUT2D eigenvalue weighted by molar-refractivity contribution is 6.43. The van der Waals surface area contributed by atoms with E-state index in [0.29, 0.717) is 11.1 Å². The molecule has 0 fully saturated rings. The minimum absolute atomic E-state index is 0.0755. The third-order valence-corrected chi connectivity index (χ3v) is 3.91. The van der Waals surface area contributed by atoms with Gasteiger partial charge in [0.15, 0.2) is 5.71 Å². The van der Waals surface area contributed by atoms with Crippen LogP contribution < -0.4 is 0 Å². The van der Waals surface area contributed by atoms with E-state index < -0.39 is 24.4 Å². The summed E-state index contributed by atoms with van der Waals surface area (Å²) in [5.41, 5.74) is 0.590. The highest BCUT2D eigenvalue weighted by Crippen LogP contribution is 2.29. The SMILES string of the molecule is COC(=O)C(=NCO)c1ccccc1CO/N=C(\C)c1cccc(C(F)(F)F)c1. The maximum atomic E-state index is 12.8. The zero-order valence-corrected chi connectivity index (χ0v) is 15.7. The number of aliphatic imine (C=N–C) groups is 1. The Morgan fingerprint density at radius 3 is 2.52 bits per heavy atom. The van der Waals surface area contributed by atoms with Crippen LogP contribution in [-0.4, -0.2) is 36.3 Å². The molecule has 1 N–H and O–H groups in total. The summed E-state index contributed by atoms with van der Waals surface area (Å²) >= 11 is 0. The van der Waals surface area contributed by atoms with Gasteiger partial charge in [0.25, 0.3) is 0 Å². The van der Waals surface area contributed by atoms with Gasteiger partial charge in [0.2, 0.25) is 0 Å². The number of hydrogen-bond acceptors (Lipinski definition) is 6. The van der Waals surface area contributed by atoms with Gasteiger partial charge in [-0.25, -0.2) is 9.79 Å². The summed E-state index contributed by atoms with van der Waals surface area (Å²) in [4.78, 5) is 20.9. The Hall–Kier alpha value is -3.20. The van der Waals surface area contributed by atoms with Crippen molar-refractivity contribution in [3.05, 3.63) is 70.8 Å². The van der Waals surface area contributed by atoms with Crippen LogP contribution in [0.3, 0.4) is 0 Å². The van der Waals surface area contributed by atoms with Gasteiger partial charge < -0.3 is 14.7 Å². The number of oxime groups is 1. The van der Waals surface area contributed by atoms with Crippen molar-refractivity contribution in [2.75, 3.05) is 13.8 Å². The average molecular weight is 408 g/mol. The quantitative estimate of drug-likeness (QED) is 0.432. The third-order valence-electron chi connectivity index (χ3n) is 3.91. The first-order valence-corrected chi connectivity index (χ1v) is 8.44. The van der Waals surface area contributed by atoms with Gasteiger partial charge in [-0.15, -0.1) is 0 Å². The number of alkyl halides is 3. The molecule has 0 radical (unpaired) electrons. The molecule has 9 heteroatoms. The standard InChI is InChI=1S/C20H19F3N2O4/c1-13(14-7-5-8-16(10-14)20(21,22)23)25-29-11-15-6-3-4-9-17(15)18(24-12-26)19(27)28-2/h3-10,26H,11-12H2,1-2H3/b24-18?,25-13+. The number of rotatable bonds is 7. The van der Waals surface area contributed by atoms with Gasteiger partial charge in [0.1, 0.15) is 13.3 Å². The highest BCUT2D eigenvalue weighted by Gasteiger charge is 2.30. The highest BCUT2D eigenvalue weighted by atomic mass is 19.4. The molecule has 29 heavy (non-hydrogen) atoms. The van der Waals surface area contributed by atoms with Gasteiger partial charge in [-0.05, 0) is 24.6 Å². The van der Waals surface area contributed by atoms with Gasteiger partial charge in [-0.3, -0.25) is 0 Å². The summed E-state index contributed by atoms with van der Waals surface area (Å²) in [7, 11) is 1.19. The van der Waals surface area contributed by atoms with Gasteiger partial charge in [-0.2, -0.15) is 13.2 Å². The molecule has 0 saturated heterocycles. The molecule has 2 rings (SSSR count). The van der Waals surface area contributed by atoms with E-state index in [1.54, 1.807) is 24.3 Å². The molecule has 0 spiro atoms. The predicted molar refractivity (Wildman–Crippen MR) is 101 cm³/mol. The maximum absolute atomic E-state index is 12.8. The lowest BCUT2D eigenvalue weighted by Gasteiger charge is -2.11. The van der Waals surface area contributed by atoms with Crippen molar-refractivity contribution >= 4 is 17.4 Å². The number of nitrogens with zero attached hydrogens (tertiary/aromatic N) is 2. The largest absolute Gasteiger partial charge is 0.464 e. The number of esters is 1. The number of hydrogen-bond donors (Lipinski definition) is 1. The Morgan fingerprint density at radius 1 is 1.14 bits per heavy atom. The second kappa shape index (κ2) is 9.83. The molecule has 0 unspecified atom stereocenters. The molecule has 0 atom stereocenters. The molecule has 0 amide bonds. The second-order valence-electron chi connectivity index (χ2n) is 5.83. The Labute approximate surface area is 165 Å². The lowest BCUT2D eigenvalue weighted by Crippen LogP contribution is -2.19. The van der Waals surface area contributed by atoms with Gasteiger partial charge >= 0.3 is 12.1 Å². The molecular formula is C20H19F3N2O4. The smallest absolute Gasteiger partial charge is 0.416 e. The summed E-state index contributed by atoms with van der Waals surface area (Å²) < 4.78 is 43.2. The van der Waals surface area contributed by atoms with Crippen molar-refractivity contribution in [1.82, 2.24) is 0 Å². The molecule has 0 aliphatic carbocycles. The lowest BCUT2D eigenvalue weighted by atomic mass is 10.0. The molecule has 0 bridgehead atoms. The van der Waals surface area contributed by atoms with Crippen LogP contribution in [0, 0.1) is 0 Å². The fraction of sp³-hybridized carbons (Fsp3) is 0.250. The zero-order chi connectivity index (χ0) is 21.4. The fourth-order valence-corrected chi connectivity index (χ4v) is 2.48. The van der Waals surface area contributed by atoms with Gasteiger partial charge in [0.05, 0.1) is 18.4 Å². The monoisotopic (exact) mass is 408 g/mol. The van der Waals surface area contributed by atoms with Crippen molar-refractivity contribution < 1.29 is 32.6 Å². The molecule has 2 aromatic rings. The summed E-state index contributed by atoms with van der Waals surface area (Å²) in [6, 6.07) is 11.4. The molecule has 0 aromatic heterocycles. The van der Waals surface area contributed by atoms with E-state index in [4.69, 9.17) is 9.94 Å². The first kappa shape index (κ1) is 22.1. The van der Waals surface area contributed by atoms with Crippen LogP contribution >= 0.6 is 0 Å². The van der Waals surface area contributed by atoms with Crippen LogP contribution in [0.5, 0.6) is 0 Å². The Morgan fingerprint density at radius 2 is 1.86 bits per heavy atom. The minimum Gasteiger partial charge on any atom is -0.464 e. The van der Waals surface area contributed by atoms with Crippen molar-refractivity contribution in [2.24, 2.45) is 10.1 Å². The zero-order valence-electron chi connectivity index (χ0n) is 15.7. The third kappa shape index (κ3) is 5.89. The molecule has 0 aliphatic rings. The van der Waals surface area contributed by atoms with Gasteiger partial charge in [-0.1, -0.05) is 41.6 Å². The van der Waals surface area contributed by atoms with Crippen molar-refractivity contribution in [2.45, 2.75) is 19.7 Å². The van der Waals surface area contributed by atoms with Crippen molar-refractivity contribution in [3.8, 4) is 0 Å². The summed E-state index contributed by atoms with van der Waals surface area (Å²) in [5.74, 6) is -0.727. The number of carbonyl (C=O) groups is 1. The van der Waals surface area contributed by atoms with Crippen LogP contribution in [0.1, 0.15) is 29.2 Å². The first-order valence-electron chi connectivity index (χ1n) is 8.44. The van der Waals surface area contributed by atoms with E-state index in [9.17, 15) is 18.0 Å². The molecule has 154 valence electrons. The van der Waals surface area contributed by atoms with Crippen LogP contribution in [0.4, 0.5) is 13.2 Å². The lowest BCUT2D eigenvalue weighted by molar-refractivity contribution is -0.137. The molecular weight excluding hydrogens is 389 g/mol. The first-order chi connectivity index (χ1) is 13.8. The Kier molecular flexibility index (Phi) is 7.49. The number of benzene rings is 2. The Balaban J connectivity index is 2.21. The predicted octanol–water partition coefficient (Wildman–Crippen LogP) is 3.56. The van der Waals surface area contributed by atoms with Crippen molar-refractivity contribution in [1.29, 1.82) is 0 Å². The molecule has 0 saturated carbocycles. The molecule has 6 nitrogen and oxygen atoms in total. The number of aliphatic hydroxyl groups excluding tert-OH is 1. The molecule has 2 aromatic carbocycles. The molecule has 0 aliphatic heterocycles. The Bertz CT molecular complexity index is 924. The number of ether oxygens (including phenoxy) is 1. The minimum atomic E-state index is -4.45. The number of aliphatic hydroxyl groups is 1. The topological polar surface area (TPSA) is 80.5 Å². The fourth-order valence-electron chi connectivity index (χ4n) is 2.48. The van der Waals surface area contributed by atoms with E-state index in [0.717, 1.165) is 12.1 Å². The van der Waals surface area contributed by atoms with E-state index in [2.05, 4.69) is 14.9 Å². The summed E-state index contributed by atoms with van der Waals surface area (Å²) in [5, 5.41) is 12.9. The number of methoxy groups -OCH3 is 1. The number of carbonyl (C=O) groups excluding carboxylic acids is 1. The number of halogens is 3. The van der Waals surface area contributed by atoms with E-state index in [-0.39, 0.29) is 23.6 Å². The van der Waals surface area contributed by atoms with E-state index in [1.165, 1.54) is 26.2 Å². The maximum Gasteiger partial charge on any atom is 0.416 e. The van der Waals surface area contributed by atoms with Crippen LogP contribution in [-0.2, 0) is 27.2 Å². The van der Waals surface area contributed by atoms with Crippen molar-refractivity contribution in [3.63, 3.8) is 0 Å². The normalized spacial score (nSPS) is 12.6. The average Bonchev–Trinajstić information content (AvgIpc) is 2.71. The van der Waals surface area contributed by atoms with Crippen LogP contribution in [0.2, 0.25) is 0 Å². The van der Waals surface area contributed by atoms with Crippen LogP contribution in [0.25, 0.3) is 0 Å². The van der Waals surface area contributed by atoms with E-state index in [1.807, 2.05) is 0 Å². The van der Waals surface area contributed by atoms with E-state index >= 15 is 0 Å². The summed E-state index contributed by atoms with van der Waals surface area (Å²) in [6.45, 7) is 0.842. The second-order valence-corrected chi connectivity index (χ2v) is 5.83. The van der Waals surface area contributed by atoms with Gasteiger partial charge in [0, 0.05) is 11.1 Å². The van der Waals surface area contributed by atoms with Crippen LogP contribution in [0.15, 0.2) is 58.7 Å². The summed E-state index contributed by atoms with van der Waals surface area (Å²) in [6.07, 6.45) is -4.45.